The average molecular weight is 535 g/mol. The Kier molecular flexibility index (Phi) is 7.89. The van der Waals surface area contributed by atoms with Crippen LogP contribution in [0.4, 0.5) is 13.2 Å². The number of hydrogen-bond donors (Lipinski definition) is 3. The second-order valence-corrected chi connectivity index (χ2v) is 9.66. The fourth-order valence-electron chi connectivity index (χ4n) is 4.44. The topological polar surface area (TPSA) is 90.9 Å². The van der Waals surface area contributed by atoms with Crippen molar-refractivity contribution in [2.24, 2.45) is 11.5 Å². The number of alkyl halides is 3. The molecule has 0 aliphatic carbocycles. The van der Waals surface area contributed by atoms with Crippen LogP contribution in [-0.4, -0.2) is 66.9 Å². The molecule has 0 aromatic heterocycles. The van der Waals surface area contributed by atoms with E-state index >= 15 is 0 Å². The summed E-state index contributed by atoms with van der Waals surface area (Å²) in [7, 11) is 2.03. The highest BCUT2D eigenvalue weighted by Crippen LogP contribution is 2.34. The summed E-state index contributed by atoms with van der Waals surface area (Å²) in [4.78, 5) is 18.6. The van der Waals surface area contributed by atoms with Gasteiger partial charge in [0.1, 0.15) is 5.82 Å². The fourth-order valence-corrected chi connectivity index (χ4v) is 4.64. The summed E-state index contributed by atoms with van der Waals surface area (Å²) < 4.78 is 40.8. The largest absolute Gasteiger partial charge is 0.416 e. The van der Waals surface area contributed by atoms with Crippen LogP contribution in [0, 0.1) is 0 Å². The number of benzene rings is 2. The molecule has 2 aromatic rings. The van der Waals surface area contributed by atoms with Gasteiger partial charge in [-0.25, -0.2) is 0 Å². The van der Waals surface area contributed by atoms with E-state index in [1.165, 1.54) is 12.1 Å². The lowest BCUT2D eigenvalue weighted by atomic mass is 10.0. The van der Waals surface area contributed by atoms with Gasteiger partial charge in [0.15, 0.2) is 0 Å². The molecule has 7 nitrogen and oxygen atoms in total. The summed E-state index contributed by atoms with van der Waals surface area (Å²) in [5.74, 6) is 0.283. The SMILES string of the molecule is CN1CCN(C(=O)c2ccc(/C(N)=C/C3=C(N)NCCN3Cc3cc(Cl)ccc3C(F)(F)F)cc2)CC1. The Labute approximate surface area is 219 Å². The van der Waals surface area contributed by atoms with Crippen molar-refractivity contribution in [1.29, 1.82) is 0 Å². The molecule has 0 radical (unpaired) electrons. The molecule has 1 saturated heterocycles. The highest BCUT2D eigenvalue weighted by atomic mass is 35.5. The van der Waals surface area contributed by atoms with E-state index in [0.717, 1.165) is 19.2 Å². The highest BCUT2D eigenvalue weighted by molar-refractivity contribution is 6.30. The summed E-state index contributed by atoms with van der Waals surface area (Å²) >= 11 is 6.01. The first-order valence-corrected chi connectivity index (χ1v) is 12.3. The Balaban J connectivity index is 1.54. The third-order valence-electron chi connectivity index (χ3n) is 6.60. The van der Waals surface area contributed by atoms with E-state index in [0.29, 0.717) is 54.5 Å². The molecule has 1 fully saturated rings. The van der Waals surface area contributed by atoms with Crippen molar-refractivity contribution in [2.45, 2.75) is 12.7 Å². The Hall–Kier alpha value is -3.37. The minimum Gasteiger partial charge on any atom is -0.398 e. The lowest BCUT2D eigenvalue weighted by molar-refractivity contribution is -0.138. The molecule has 2 aliphatic rings. The van der Waals surface area contributed by atoms with E-state index < -0.39 is 11.7 Å². The van der Waals surface area contributed by atoms with Gasteiger partial charge in [-0.15, -0.1) is 0 Å². The maximum Gasteiger partial charge on any atom is 0.416 e. The first-order valence-electron chi connectivity index (χ1n) is 11.9. The van der Waals surface area contributed by atoms with E-state index in [1.54, 1.807) is 35.2 Å². The number of hydrogen-bond acceptors (Lipinski definition) is 6. The van der Waals surface area contributed by atoms with Gasteiger partial charge in [0, 0.05) is 62.1 Å². The summed E-state index contributed by atoms with van der Waals surface area (Å²) in [6.45, 7) is 3.86. The Morgan fingerprint density at radius 1 is 1.05 bits per heavy atom. The molecular weight excluding hydrogens is 505 g/mol. The number of allylic oxidation sites excluding steroid dienone is 1. The number of carbonyl (C=O) groups excluding carboxylic acids is 1. The maximum atomic E-state index is 13.6. The molecule has 37 heavy (non-hydrogen) atoms. The van der Waals surface area contributed by atoms with Crippen LogP contribution in [0.25, 0.3) is 5.70 Å². The number of nitrogens with two attached hydrogens (primary N) is 2. The molecule has 4 rings (SSSR count). The van der Waals surface area contributed by atoms with Gasteiger partial charge in [-0.3, -0.25) is 4.79 Å². The third kappa shape index (κ3) is 6.31. The summed E-state index contributed by atoms with van der Waals surface area (Å²) in [6.07, 6.45) is -2.88. The number of likely N-dealkylation sites (N-methyl/N-ethyl adjacent to an activating group) is 1. The smallest absolute Gasteiger partial charge is 0.398 e. The second-order valence-electron chi connectivity index (χ2n) is 9.22. The van der Waals surface area contributed by atoms with Crippen LogP contribution in [0.2, 0.25) is 5.02 Å². The molecule has 0 unspecified atom stereocenters. The van der Waals surface area contributed by atoms with Crippen molar-refractivity contribution in [3.05, 3.63) is 87.3 Å². The Morgan fingerprint density at radius 2 is 1.70 bits per heavy atom. The monoisotopic (exact) mass is 534 g/mol. The molecule has 0 bridgehead atoms. The van der Waals surface area contributed by atoms with Crippen LogP contribution in [0.3, 0.4) is 0 Å². The Morgan fingerprint density at radius 3 is 2.35 bits per heavy atom. The van der Waals surface area contributed by atoms with Gasteiger partial charge in [0.2, 0.25) is 0 Å². The van der Waals surface area contributed by atoms with Gasteiger partial charge in [-0.1, -0.05) is 23.7 Å². The van der Waals surface area contributed by atoms with E-state index in [-0.39, 0.29) is 23.0 Å². The van der Waals surface area contributed by atoms with Crippen molar-refractivity contribution in [3.8, 4) is 0 Å². The molecule has 0 spiro atoms. The van der Waals surface area contributed by atoms with E-state index in [2.05, 4.69) is 10.2 Å². The predicted molar refractivity (Wildman–Crippen MR) is 138 cm³/mol. The minimum absolute atomic E-state index is 0.0289. The van der Waals surface area contributed by atoms with Crippen molar-refractivity contribution >= 4 is 23.2 Å². The molecule has 2 aromatic carbocycles. The predicted octanol–water partition coefficient (Wildman–Crippen LogP) is 3.28. The molecule has 1 amide bonds. The van der Waals surface area contributed by atoms with E-state index in [1.807, 2.05) is 11.9 Å². The number of nitrogens with one attached hydrogen (secondary N) is 1. The van der Waals surface area contributed by atoms with Gasteiger partial charge < -0.3 is 31.5 Å². The number of rotatable bonds is 5. The molecule has 11 heteroatoms. The molecule has 0 saturated carbocycles. The van der Waals surface area contributed by atoms with Gasteiger partial charge in [0.05, 0.1) is 11.3 Å². The lowest BCUT2D eigenvalue weighted by Gasteiger charge is -2.33. The lowest BCUT2D eigenvalue weighted by Crippen LogP contribution is -2.47. The molecule has 198 valence electrons. The van der Waals surface area contributed by atoms with E-state index in [9.17, 15) is 18.0 Å². The van der Waals surface area contributed by atoms with Crippen LogP contribution >= 0.6 is 11.6 Å². The van der Waals surface area contributed by atoms with Crippen LogP contribution in [0.5, 0.6) is 0 Å². The number of carbonyl (C=O) groups is 1. The number of piperazine rings is 1. The highest BCUT2D eigenvalue weighted by Gasteiger charge is 2.34. The van der Waals surface area contributed by atoms with Crippen molar-refractivity contribution < 1.29 is 18.0 Å². The van der Waals surface area contributed by atoms with Crippen LogP contribution < -0.4 is 16.8 Å². The van der Waals surface area contributed by atoms with Gasteiger partial charge >= 0.3 is 6.18 Å². The van der Waals surface area contributed by atoms with Gasteiger partial charge in [-0.2, -0.15) is 13.2 Å². The molecule has 2 heterocycles. The standard InChI is InChI=1S/C26H30ClF3N6O/c1-34-10-12-35(13-11-34)25(37)18-4-2-17(3-5-18)22(31)15-23-24(32)33-8-9-36(23)16-19-14-20(27)6-7-21(19)26(28,29)30/h2-7,14-15,33H,8-13,16,31-32H2,1H3/b22-15-. The van der Waals surface area contributed by atoms with Crippen LogP contribution in [-0.2, 0) is 12.7 Å². The van der Waals surface area contributed by atoms with Gasteiger partial charge in [-0.05, 0) is 54.6 Å². The number of amides is 1. The van der Waals surface area contributed by atoms with Gasteiger partial charge in [0.25, 0.3) is 5.91 Å². The average Bonchev–Trinajstić information content (AvgIpc) is 2.85. The number of nitrogens with zero attached hydrogens (tertiary/aromatic N) is 3. The quantitative estimate of drug-likeness (QED) is 0.545. The number of halogens is 4. The molecule has 0 atom stereocenters. The molecule has 2 aliphatic heterocycles. The van der Waals surface area contributed by atoms with Crippen molar-refractivity contribution in [3.63, 3.8) is 0 Å². The normalized spacial score (nSPS) is 17.7. The molecular formula is C26H30ClF3N6O. The second kappa shape index (κ2) is 10.9. The summed E-state index contributed by atoms with van der Waals surface area (Å²) in [5, 5.41) is 3.26. The first-order chi connectivity index (χ1) is 17.5. The first kappa shape index (κ1) is 26.7. The maximum absolute atomic E-state index is 13.6. The van der Waals surface area contributed by atoms with E-state index in [4.69, 9.17) is 23.1 Å². The van der Waals surface area contributed by atoms with Crippen molar-refractivity contribution in [1.82, 2.24) is 20.0 Å². The summed E-state index contributed by atoms with van der Waals surface area (Å²) in [5.41, 5.74) is 13.9. The summed E-state index contributed by atoms with van der Waals surface area (Å²) in [6, 6.07) is 10.5. The third-order valence-corrected chi connectivity index (χ3v) is 6.83. The zero-order valence-electron chi connectivity index (χ0n) is 20.5. The zero-order valence-corrected chi connectivity index (χ0v) is 21.2. The zero-order chi connectivity index (χ0) is 26.7. The minimum atomic E-state index is -4.51. The van der Waals surface area contributed by atoms with Crippen LogP contribution in [0.1, 0.15) is 27.0 Å². The van der Waals surface area contributed by atoms with Crippen molar-refractivity contribution in [2.75, 3.05) is 46.3 Å². The van der Waals surface area contributed by atoms with Crippen LogP contribution in [0.15, 0.2) is 60.1 Å². The fraction of sp³-hybridized carbons (Fsp3) is 0.346. The Bertz CT molecular complexity index is 1200. The molecule has 5 N–H and O–H groups in total.